The molecular weight excluding hydrogens is 290 g/mol. The minimum atomic E-state index is -0.135. The van der Waals surface area contributed by atoms with E-state index in [0.717, 1.165) is 23.9 Å². The molecule has 6 heteroatoms. The highest BCUT2D eigenvalue weighted by Gasteiger charge is 2.16. The monoisotopic (exact) mass is 305 g/mol. The lowest BCUT2D eigenvalue weighted by Gasteiger charge is -2.13. The third kappa shape index (κ3) is 3.26. The van der Waals surface area contributed by atoms with Gasteiger partial charge in [0.1, 0.15) is 5.75 Å². The van der Waals surface area contributed by atoms with Gasteiger partial charge < -0.3 is 10.1 Å². The predicted molar refractivity (Wildman–Crippen MR) is 82.4 cm³/mol. The Balaban J connectivity index is 1.67. The van der Waals surface area contributed by atoms with Gasteiger partial charge >= 0.3 is 0 Å². The van der Waals surface area contributed by atoms with Crippen LogP contribution in [0.1, 0.15) is 0 Å². The van der Waals surface area contributed by atoms with Crippen molar-refractivity contribution in [3.63, 3.8) is 0 Å². The third-order valence-corrected chi connectivity index (χ3v) is 3.71. The Morgan fingerprint density at radius 2 is 1.90 bits per heavy atom. The first-order valence-corrected chi connectivity index (χ1v) is 7.17. The van der Waals surface area contributed by atoms with Gasteiger partial charge in [0.2, 0.25) is 0 Å². The van der Waals surface area contributed by atoms with Crippen LogP contribution in [0.5, 0.6) is 5.75 Å². The van der Waals surface area contributed by atoms with Crippen molar-refractivity contribution in [3.05, 3.63) is 41.4 Å². The number of ether oxygens (including phenoxy) is 1. The lowest BCUT2D eigenvalue weighted by molar-refractivity contribution is -0.123. The Labute approximate surface area is 127 Å². The molecule has 1 saturated heterocycles. The third-order valence-electron chi connectivity index (χ3n) is 3.38. The largest absolute Gasteiger partial charge is 0.483 e. The van der Waals surface area contributed by atoms with Gasteiger partial charge in [0, 0.05) is 28.9 Å². The lowest BCUT2D eigenvalue weighted by Crippen LogP contribution is -2.40. The van der Waals surface area contributed by atoms with Crippen molar-refractivity contribution in [1.82, 2.24) is 16.2 Å². The van der Waals surface area contributed by atoms with Crippen LogP contribution in [0.2, 0.25) is 5.02 Å². The molecule has 0 unspecified atom stereocenters. The van der Waals surface area contributed by atoms with Crippen LogP contribution in [0.25, 0.3) is 10.8 Å². The normalized spacial score (nSPS) is 15.3. The Morgan fingerprint density at radius 3 is 2.67 bits per heavy atom. The summed E-state index contributed by atoms with van der Waals surface area (Å²) < 4.78 is 5.63. The lowest BCUT2D eigenvalue weighted by atomic mass is 10.1. The summed E-state index contributed by atoms with van der Waals surface area (Å²) in [6, 6.07) is 11.4. The number of halogens is 1. The Bertz CT molecular complexity index is 656. The Hall–Kier alpha value is -1.82. The topological polar surface area (TPSA) is 62.4 Å². The van der Waals surface area contributed by atoms with Crippen LogP contribution in [-0.2, 0) is 4.79 Å². The maximum Gasteiger partial charge on any atom is 0.258 e. The molecule has 21 heavy (non-hydrogen) atoms. The van der Waals surface area contributed by atoms with Crippen molar-refractivity contribution in [1.29, 1.82) is 0 Å². The molecule has 3 rings (SSSR count). The molecule has 1 heterocycles. The van der Waals surface area contributed by atoms with Gasteiger partial charge in [0.15, 0.2) is 6.61 Å². The van der Waals surface area contributed by atoms with E-state index in [0.29, 0.717) is 10.8 Å². The minimum Gasteiger partial charge on any atom is -0.483 e. The second kappa shape index (κ2) is 6.30. The van der Waals surface area contributed by atoms with E-state index < -0.39 is 0 Å². The molecule has 1 aliphatic rings. The van der Waals surface area contributed by atoms with E-state index in [-0.39, 0.29) is 18.6 Å². The first-order chi connectivity index (χ1) is 10.2. The van der Waals surface area contributed by atoms with Gasteiger partial charge in [-0.15, -0.1) is 0 Å². The zero-order valence-corrected chi connectivity index (χ0v) is 12.1. The molecule has 0 aromatic heterocycles. The molecular formula is C15H16ClN3O2. The van der Waals surface area contributed by atoms with Crippen LogP contribution in [0.15, 0.2) is 36.4 Å². The van der Waals surface area contributed by atoms with Crippen LogP contribution in [-0.4, -0.2) is 31.6 Å². The van der Waals surface area contributed by atoms with Crippen molar-refractivity contribution >= 4 is 28.3 Å². The molecule has 0 saturated carbocycles. The summed E-state index contributed by atoms with van der Waals surface area (Å²) in [5.41, 5.74) is 5.92. The molecule has 0 bridgehead atoms. The fourth-order valence-electron chi connectivity index (χ4n) is 2.34. The number of hydrogen-bond donors (Lipinski definition) is 3. The van der Waals surface area contributed by atoms with Crippen molar-refractivity contribution in [2.24, 2.45) is 0 Å². The molecule has 0 aliphatic carbocycles. The van der Waals surface area contributed by atoms with Gasteiger partial charge in [0.05, 0.1) is 6.04 Å². The van der Waals surface area contributed by atoms with Crippen molar-refractivity contribution in [3.8, 4) is 5.75 Å². The number of benzene rings is 2. The second-order valence-electron chi connectivity index (χ2n) is 4.91. The van der Waals surface area contributed by atoms with Crippen molar-refractivity contribution < 1.29 is 9.53 Å². The van der Waals surface area contributed by atoms with Crippen molar-refractivity contribution in [2.75, 3.05) is 19.7 Å². The van der Waals surface area contributed by atoms with E-state index in [2.05, 4.69) is 16.2 Å². The zero-order valence-electron chi connectivity index (χ0n) is 11.4. The predicted octanol–water partition coefficient (Wildman–Crippen LogP) is 1.46. The van der Waals surface area contributed by atoms with E-state index in [4.69, 9.17) is 16.3 Å². The van der Waals surface area contributed by atoms with Gasteiger partial charge in [0.25, 0.3) is 5.91 Å². The summed E-state index contributed by atoms with van der Waals surface area (Å²) in [5, 5.41) is 5.39. The molecule has 1 fully saturated rings. The number of hydrogen-bond acceptors (Lipinski definition) is 4. The first-order valence-electron chi connectivity index (χ1n) is 6.79. The van der Waals surface area contributed by atoms with Gasteiger partial charge in [-0.05, 0) is 12.1 Å². The van der Waals surface area contributed by atoms with Crippen LogP contribution >= 0.6 is 11.6 Å². The van der Waals surface area contributed by atoms with E-state index in [1.807, 2.05) is 24.3 Å². The highest BCUT2D eigenvalue weighted by atomic mass is 35.5. The molecule has 3 N–H and O–H groups in total. The highest BCUT2D eigenvalue weighted by molar-refractivity contribution is 6.35. The molecule has 0 atom stereocenters. The fourth-order valence-corrected chi connectivity index (χ4v) is 2.57. The van der Waals surface area contributed by atoms with Crippen LogP contribution in [0.3, 0.4) is 0 Å². The average Bonchev–Trinajstić information content (AvgIpc) is 3.00. The number of rotatable bonds is 4. The summed E-state index contributed by atoms with van der Waals surface area (Å²) >= 11 is 6.16. The molecule has 1 aliphatic heterocycles. The van der Waals surface area contributed by atoms with E-state index in [1.165, 1.54) is 0 Å². The number of carbonyl (C=O) groups excluding carboxylic acids is 1. The summed E-state index contributed by atoms with van der Waals surface area (Å²) in [5.74, 6) is 0.525. The van der Waals surface area contributed by atoms with Gasteiger partial charge in [-0.2, -0.15) is 0 Å². The van der Waals surface area contributed by atoms with Gasteiger partial charge in [-0.25, -0.2) is 0 Å². The standard InChI is InChI=1S/C15H16ClN3O2/c16-13-5-6-14(12-4-2-1-3-11(12)13)21-9-15(20)19-10-7-17-18-8-10/h1-6,10,17-18H,7-9H2,(H,19,20). The molecule has 5 nitrogen and oxygen atoms in total. The number of hydrazine groups is 1. The SMILES string of the molecule is O=C(COc1ccc(Cl)c2ccccc12)NC1CNNC1. The summed E-state index contributed by atoms with van der Waals surface area (Å²) in [6.07, 6.45) is 0. The minimum absolute atomic E-state index is 0.0118. The molecule has 0 spiro atoms. The zero-order chi connectivity index (χ0) is 14.7. The Morgan fingerprint density at radius 1 is 1.19 bits per heavy atom. The van der Waals surface area contributed by atoms with E-state index >= 15 is 0 Å². The summed E-state index contributed by atoms with van der Waals surface area (Å²) in [7, 11) is 0. The van der Waals surface area contributed by atoms with Gasteiger partial charge in [-0.1, -0.05) is 35.9 Å². The Kier molecular flexibility index (Phi) is 4.24. The smallest absolute Gasteiger partial charge is 0.258 e. The van der Waals surface area contributed by atoms with E-state index in [1.54, 1.807) is 12.1 Å². The van der Waals surface area contributed by atoms with Crippen LogP contribution in [0, 0.1) is 0 Å². The summed E-state index contributed by atoms with van der Waals surface area (Å²) in [6.45, 7) is 1.42. The molecule has 110 valence electrons. The van der Waals surface area contributed by atoms with Crippen LogP contribution in [0.4, 0.5) is 0 Å². The highest BCUT2D eigenvalue weighted by Crippen LogP contribution is 2.31. The first kappa shape index (κ1) is 14.1. The molecule has 0 radical (unpaired) electrons. The average molecular weight is 306 g/mol. The quantitative estimate of drug-likeness (QED) is 0.800. The number of fused-ring (bicyclic) bond motifs is 1. The van der Waals surface area contributed by atoms with Crippen LogP contribution < -0.4 is 20.9 Å². The fraction of sp³-hybridized carbons (Fsp3) is 0.267. The number of amides is 1. The molecule has 2 aromatic carbocycles. The van der Waals surface area contributed by atoms with Gasteiger partial charge in [-0.3, -0.25) is 15.6 Å². The molecule has 2 aromatic rings. The van der Waals surface area contributed by atoms with E-state index in [9.17, 15) is 4.79 Å². The summed E-state index contributed by atoms with van der Waals surface area (Å²) in [4.78, 5) is 11.9. The second-order valence-corrected chi connectivity index (χ2v) is 5.31. The maximum atomic E-state index is 11.9. The number of carbonyl (C=O) groups is 1. The van der Waals surface area contributed by atoms with Crippen molar-refractivity contribution in [2.45, 2.75) is 6.04 Å². The number of nitrogens with one attached hydrogen (secondary N) is 3. The molecule has 1 amide bonds. The maximum absolute atomic E-state index is 11.9.